The van der Waals surface area contributed by atoms with E-state index >= 15 is 0 Å². The third-order valence-corrected chi connectivity index (χ3v) is 4.04. The summed E-state index contributed by atoms with van der Waals surface area (Å²) in [7, 11) is 0. The van der Waals surface area contributed by atoms with Crippen LogP contribution in [0.25, 0.3) is 0 Å². The lowest BCUT2D eigenvalue weighted by Gasteiger charge is -2.19. The topological polar surface area (TPSA) is 51.5 Å². The van der Waals surface area contributed by atoms with Crippen LogP contribution >= 0.6 is 0 Å². The first-order chi connectivity index (χ1) is 11.8. The average Bonchev–Trinajstić information content (AvgIpc) is 3.04. The van der Waals surface area contributed by atoms with Gasteiger partial charge in [0.15, 0.2) is 0 Å². The van der Waals surface area contributed by atoms with E-state index in [1.54, 1.807) is 0 Å². The van der Waals surface area contributed by atoms with Crippen molar-refractivity contribution in [3.8, 4) is 6.07 Å². The van der Waals surface area contributed by atoms with Gasteiger partial charge in [0, 0.05) is 6.42 Å². The molecule has 1 fully saturated rings. The molecule has 24 heavy (non-hydrogen) atoms. The van der Waals surface area contributed by atoms with Crippen LogP contribution in [-0.2, 0) is 27.4 Å². The lowest BCUT2D eigenvalue weighted by atomic mass is 10.1. The monoisotopic (exact) mass is 323 g/mol. The molecule has 2 aromatic carbocycles. The molecule has 0 unspecified atom stereocenters. The largest absolute Gasteiger partial charge is 0.374 e. The van der Waals surface area contributed by atoms with Crippen molar-refractivity contribution in [3.05, 3.63) is 71.8 Å². The zero-order chi connectivity index (χ0) is 16.6. The van der Waals surface area contributed by atoms with Crippen molar-refractivity contribution in [1.82, 2.24) is 0 Å². The molecule has 3 rings (SSSR count). The molecule has 0 N–H and O–H groups in total. The smallest absolute Gasteiger partial charge is 0.147 e. The number of hydrogen-bond acceptors (Lipinski definition) is 4. The van der Waals surface area contributed by atoms with Gasteiger partial charge in [0.2, 0.25) is 0 Å². The Balaban J connectivity index is 1.50. The van der Waals surface area contributed by atoms with Crippen LogP contribution in [0.1, 0.15) is 17.5 Å². The second-order valence-corrected chi connectivity index (χ2v) is 5.86. The van der Waals surface area contributed by atoms with Crippen LogP contribution in [0.3, 0.4) is 0 Å². The first-order valence-corrected chi connectivity index (χ1v) is 8.17. The summed E-state index contributed by atoms with van der Waals surface area (Å²) in [6.45, 7) is 1.47. The van der Waals surface area contributed by atoms with Gasteiger partial charge < -0.3 is 14.2 Å². The molecule has 0 spiro atoms. The lowest BCUT2D eigenvalue weighted by molar-refractivity contribution is -0.0652. The van der Waals surface area contributed by atoms with Gasteiger partial charge >= 0.3 is 0 Å². The normalized spacial score (nSPS) is 23.0. The lowest BCUT2D eigenvalue weighted by Crippen LogP contribution is -2.29. The van der Waals surface area contributed by atoms with Crippen LogP contribution in [0, 0.1) is 11.3 Å². The standard InChI is InChI=1S/C20H21NO3/c21-12-18-11-19(23-14-17-9-5-2-6-10-17)20(24-18)15-22-13-16-7-3-1-4-8-16/h1-10,18-20H,11,13-15H2/t18-,19-,20+/m0/s1. The molecule has 0 amide bonds. The second-order valence-electron chi connectivity index (χ2n) is 5.86. The van der Waals surface area contributed by atoms with E-state index in [9.17, 15) is 0 Å². The van der Waals surface area contributed by atoms with E-state index in [0.717, 1.165) is 11.1 Å². The summed E-state index contributed by atoms with van der Waals surface area (Å²) in [5, 5.41) is 9.12. The first-order valence-electron chi connectivity index (χ1n) is 8.17. The van der Waals surface area contributed by atoms with E-state index in [4.69, 9.17) is 19.5 Å². The third-order valence-electron chi connectivity index (χ3n) is 4.04. The molecular formula is C20H21NO3. The Labute approximate surface area is 142 Å². The highest BCUT2D eigenvalue weighted by Crippen LogP contribution is 2.24. The van der Waals surface area contributed by atoms with Gasteiger partial charge in [-0.2, -0.15) is 5.26 Å². The number of rotatable bonds is 7. The molecule has 1 saturated heterocycles. The zero-order valence-corrected chi connectivity index (χ0v) is 13.5. The van der Waals surface area contributed by atoms with Crippen molar-refractivity contribution in [2.45, 2.75) is 37.9 Å². The maximum absolute atomic E-state index is 9.12. The van der Waals surface area contributed by atoms with Crippen LogP contribution in [0.2, 0.25) is 0 Å². The summed E-state index contributed by atoms with van der Waals surface area (Å²) >= 11 is 0. The van der Waals surface area contributed by atoms with Crippen molar-refractivity contribution in [2.75, 3.05) is 6.61 Å². The Morgan fingerprint density at radius 2 is 1.58 bits per heavy atom. The van der Waals surface area contributed by atoms with Gasteiger partial charge in [0.1, 0.15) is 12.2 Å². The van der Waals surface area contributed by atoms with Gasteiger partial charge in [-0.05, 0) is 11.1 Å². The number of nitriles is 1. The zero-order valence-electron chi connectivity index (χ0n) is 13.5. The molecule has 0 saturated carbocycles. The molecule has 0 bridgehead atoms. The van der Waals surface area contributed by atoms with Gasteiger partial charge in [-0.15, -0.1) is 0 Å². The van der Waals surface area contributed by atoms with Gasteiger partial charge in [0.05, 0.1) is 32.0 Å². The molecule has 1 heterocycles. The van der Waals surface area contributed by atoms with Crippen LogP contribution in [0.5, 0.6) is 0 Å². The Kier molecular flexibility index (Phi) is 5.97. The molecule has 4 nitrogen and oxygen atoms in total. The molecular weight excluding hydrogens is 302 g/mol. The molecule has 4 heteroatoms. The summed E-state index contributed by atoms with van der Waals surface area (Å²) in [5.41, 5.74) is 2.23. The fraction of sp³-hybridized carbons (Fsp3) is 0.350. The van der Waals surface area contributed by atoms with E-state index < -0.39 is 6.10 Å². The molecule has 124 valence electrons. The molecule has 1 aliphatic heterocycles. The molecule has 3 atom stereocenters. The minimum Gasteiger partial charge on any atom is -0.374 e. The minimum atomic E-state index is -0.420. The Hall–Kier alpha value is -2.19. The van der Waals surface area contributed by atoms with E-state index in [0.29, 0.717) is 26.2 Å². The van der Waals surface area contributed by atoms with Crippen LogP contribution in [0.15, 0.2) is 60.7 Å². The molecule has 0 aromatic heterocycles. The third kappa shape index (κ3) is 4.65. The van der Waals surface area contributed by atoms with Crippen molar-refractivity contribution in [2.24, 2.45) is 0 Å². The quantitative estimate of drug-likeness (QED) is 0.783. The molecule has 1 aliphatic rings. The summed E-state index contributed by atoms with van der Waals surface area (Å²) in [4.78, 5) is 0. The predicted octanol–water partition coefficient (Wildman–Crippen LogP) is 3.47. The van der Waals surface area contributed by atoms with E-state index in [2.05, 4.69) is 6.07 Å². The van der Waals surface area contributed by atoms with Gasteiger partial charge in [-0.1, -0.05) is 60.7 Å². The van der Waals surface area contributed by atoms with Crippen LogP contribution in [0.4, 0.5) is 0 Å². The van der Waals surface area contributed by atoms with Crippen molar-refractivity contribution < 1.29 is 14.2 Å². The van der Waals surface area contributed by atoms with Gasteiger partial charge in [0.25, 0.3) is 0 Å². The van der Waals surface area contributed by atoms with Crippen LogP contribution in [-0.4, -0.2) is 24.9 Å². The summed E-state index contributed by atoms with van der Waals surface area (Å²) in [6, 6.07) is 22.2. The maximum Gasteiger partial charge on any atom is 0.147 e. The Morgan fingerprint density at radius 1 is 0.958 bits per heavy atom. The highest BCUT2D eigenvalue weighted by molar-refractivity contribution is 5.14. The molecule has 0 aliphatic carbocycles. The Bertz CT molecular complexity index is 654. The highest BCUT2D eigenvalue weighted by Gasteiger charge is 2.36. The number of nitrogens with zero attached hydrogens (tertiary/aromatic N) is 1. The Morgan fingerprint density at radius 3 is 2.21 bits per heavy atom. The minimum absolute atomic E-state index is 0.120. The second kappa shape index (κ2) is 8.60. The average molecular weight is 323 g/mol. The van der Waals surface area contributed by atoms with Crippen molar-refractivity contribution in [1.29, 1.82) is 5.26 Å². The maximum atomic E-state index is 9.12. The number of ether oxygens (including phenoxy) is 3. The summed E-state index contributed by atoms with van der Waals surface area (Å²) in [6.07, 6.45) is -0.160. The number of benzene rings is 2. The van der Waals surface area contributed by atoms with Crippen molar-refractivity contribution >= 4 is 0 Å². The summed E-state index contributed by atoms with van der Waals surface area (Å²) in [5.74, 6) is 0. The molecule has 2 aromatic rings. The van der Waals surface area contributed by atoms with Gasteiger partial charge in [-0.25, -0.2) is 0 Å². The SMILES string of the molecule is N#C[C@@H]1C[C@H](OCc2ccccc2)[C@@H](COCc2ccccc2)O1. The first kappa shape index (κ1) is 16.7. The van der Waals surface area contributed by atoms with Crippen molar-refractivity contribution in [3.63, 3.8) is 0 Å². The number of hydrogen-bond donors (Lipinski definition) is 0. The van der Waals surface area contributed by atoms with Gasteiger partial charge in [-0.3, -0.25) is 0 Å². The van der Waals surface area contributed by atoms with E-state index in [1.807, 2.05) is 60.7 Å². The summed E-state index contributed by atoms with van der Waals surface area (Å²) < 4.78 is 17.5. The molecule has 0 radical (unpaired) electrons. The van der Waals surface area contributed by atoms with Crippen LogP contribution < -0.4 is 0 Å². The van der Waals surface area contributed by atoms with E-state index in [-0.39, 0.29) is 12.2 Å². The fourth-order valence-corrected chi connectivity index (χ4v) is 2.77. The predicted molar refractivity (Wildman–Crippen MR) is 90.0 cm³/mol. The van der Waals surface area contributed by atoms with E-state index in [1.165, 1.54) is 0 Å². The fourth-order valence-electron chi connectivity index (χ4n) is 2.77. The highest BCUT2D eigenvalue weighted by atomic mass is 16.6.